The molecule has 0 radical (unpaired) electrons. The normalized spacial score (nSPS) is 22.3. The van der Waals surface area contributed by atoms with Gasteiger partial charge in [0.05, 0.1) is 12.6 Å². The minimum Gasteiger partial charge on any atom is -0.380 e. The summed E-state index contributed by atoms with van der Waals surface area (Å²) in [5, 5.41) is 3.31. The molecule has 1 N–H and O–H groups in total. The van der Waals surface area contributed by atoms with Crippen molar-refractivity contribution in [2.45, 2.75) is 33.0 Å². The molecule has 1 aromatic rings. The molecular weight excluding hydrogens is 271 g/mol. The number of rotatable bonds is 6. The lowest BCUT2D eigenvalue weighted by molar-refractivity contribution is -0.131. The van der Waals surface area contributed by atoms with Crippen LogP contribution in [-0.4, -0.2) is 36.6 Å². The molecule has 1 fully saturated rings. The first kappa shape index (κ1) is 15.9. The summed E-state index contributed by atoms with van der Waals surface area (Å²) in [6.07, 6.45) is -0.291. The quantitative estimate of drug-likeness (QED) is 0.819. The zero-order valence-electron chi connectivity index (χ0n) is 12.8. The summed E-state index contributed by atoms with van der Waals surface area (Å²) < 4.78 is 18.8. The van der Waals surface area contributed by atoms with E-state index in [4.69, 9.17) is 4.74 Å². The third kappa shape index (κ3) is 3.60. The molecule has 2 rings (SSSR count). The van der Waals surface area contributed by atoms with Gasteiger partial charge in [0.25, 0.3) is 0 Å². The molecule has 1 amide bonds. The van der Waals surface area contributed by atoms with Gasteiger partial charge in [0, 0.05) is 13.2 Å². The number of hydrogen-bond donors (Lipinski definition) is 1. The van der Waals surface area contributed by atoms with Gasteiger partial charge in [0.2, 0.25) is 5.91 Å². The van der Waals surface area contributed by atoms with E-state index in [9.17, 15) is 9.18 Å². The summed E-state index contributed by atoms with van der Waals surface area (Å²) in [5.74, 6) is -0.0517. The molecule has 0 bridgehead atoms. The van der Waals surface area contributed by atoms with Crippen LogP contribution in [0.4, 0.5) is 4.39 Å². The van der Waals surface area contributed by atoms with Crippen LogP contribution in [0.25, 0.3) is 0 Å². The Hall–Kier alpha value is -1.46. The highest BCUT2D eigenvalue weighted by atomic mass is 19.1. The summed E-state index contributed by atoms with van der Waals surface area (Å²) in [7, 11) is 0. The Morgan fingerprint density at radius 3 is 2.81 bits per heavy atom. The van der Waals surface area contributed by atoms with Crippen molar-refractivity contribution >= 4 is 5.91 Å². The molecule has 2 unspecified atom stereocenters. The molecule has 1 aliphatic rings. The monoisotopic (exact) mass is 294 g/mol. The molecule has 116 valence electrons. The van der Waals surface area contributed by atoms with Crippen molar-refractivity contribution in [2.24, 2.45) is 5.92 Å². The van der Waals surface area contributed by atoms with Gasteiger partial charge >= 0.3 is 0 Å². The van der Waals surface area contributed by atoms with E-state index in [1.54, 1.807) is 11.0 Å². The molecular formula is C16H23FN2O2. The molecule has 0 saturated carbocycles. The van der Waals surface area contributed by atoms with E-state index in [2.05, 4.69) is 5.32 Å². The maximum Gasteiger partial charge on any atom is 0.241 e. The van der Waals surface area contributed by atoms with Crippen molar-refractivity contribution in [3.63, 3.8) is 0 Å². The molecule has 5 heteroatoms. The van der Waals surface area contributed by atoms with Crippen molar-refractivity contribution in [2.75, 3.05) is 19.8 Å². The Morgan fingerprint density at radius 2 is 2.19 bits per heavy atom. The number of benzene rings is 1. The van der Waals surface area contributed by atoms with E-state index in [-0.39, 0.29) is 29.8 Å². The number of hydrogen-bond acceptors (Lipinski definition) is 3. The predicted octanol–water partition coefficient (Wildman–Crippen LogP) is 2.32. The van der Waals surface area contributed by atoms with E-state index < -0.39 is 0 Å². The number of nitrogens with zero attached hydrogens (tertiary/aromatic N) is 1. The Morgan fingerprint density at radius 1 is 1.43 bits per heavy atom. The molecule has 21 heavy (non-hydrogen) atoms. The molecule has 2 atom stereocenters. The second-order valence-electron chi connectivity index (χ2n) is 5.57. The minimum atomic E-state index is -0.292. The first-order chi connectivity index (χ1) is 10.0. The standard InChI is InChI=1S/C16H23FN2O2/c1-4-21-9-8-19-15(12-6-5-7-13(17)10-12)18-14(11(2)3)16(19)20/h5-7,10-11,14-15,18H,4,8-9H2,1-3H3. The predicted molar refractivity (Wildman–Crippen MR) is 79.1 cm³/mol. The SMILES string of the molecule is CCOCCN1C(=O)C(C(C)C)NC1c1cccc(F)c1. The van der Waals surface area contributed by atoms with Crippen LogP contribution in [0.2, 0.25) is 0 Å². The van der Waals surface area contributed by atoms with E-state index in [1.807, 2.05) is 26.8 Å². The summed E-state index contributed by atoms with van der Waals surface area (Å²) in [4.78, 5) is 14.3. The van der Waals surface area contributed by atoms with Gasteiger partial charge in [-0.25, -0.2) is 4.39 Å². The van der Waals surface area contributed by atoms with Gasteiger partial charge < -0.3 is 9.64 Å². The van der Waals surface area contributed by atoms with Crippen molar-refractivity contribution in [3.8, 4) is 0 Å². The summed E-state index contributed by atoms with van der Waals surface area (Å²) in [5.41, 5.74) is 0.767. The zero-order chi connectivity index (χ0) is 15.4. The first-order valence-corrected chi connectivity index (χ1v) is 7.44. The molecule has 1 aliphatic heterocycles. The van der Waals surface area contributed by atoms with Gasteiger partial charge in [0.15, 0.2) is 0 Å². The third-order valence-electron chi connectivity index (χ3n) is 3.71. The highest BCUT2D eigenvalue weighted by Gasteiger charge is 2.40. The van der Waals surface area contributed by atoms with Crippen molar-refractivity contribution in [1.82, 2.24) is 10.2 Å². The van der Waals surface area contributed by atoms with Crippen LogP contribution in [0.1, 0.15) is 32.5 Å². The number of carbonyl (C=O) groups is 1. The largest absolute Gasteiger partial charge is 0.380 e. The Balaban J connectivity index is 2.21. The van der Waals surface area contributed by atoms with Crippen LogP contribution in [0.5, 0.6) is 0 Å². The molecule has 0 aliphatic carbocycles. The molecule has 0 aromatic heterocycles. The van der Waals surface area contributed by atoms with Crippen LogP contribution in [0.3, 0.4) is 0 Å². The van der Waals surface area contributed by atoms with E-state index in [1.165, 1.54) is 12.1 Å². The van der Waals surface area contributed by atoms with Crippen LogP contribution in [0.15, 0.2) is 24.3 Å². The fourth-order valence-corrected chi connectivity index (χ4v) is 2.61. The zero-order valence-corrected chi connectivity index (χ0v) is 12.8. The van der Waals surface area contributed by atoms with Gasteiger partial charge in [-0.2, -0.15) is 0 Å². The second-order valence-corrected chi connectivity index (χ2v) is 5.57. The average Bonchev–Trinajstić information content (AvgIpc) is 2.77. The number of amides is 1. The average molecular weight is 294 g/mol. The van der Waals surface area contributed by atoms with Gasteiger partial charge in [-0.05, 0) is 30.5 Å². The van der Waals surface area contributed by atoms with Crippen molar-refractivity contribution < 1.29 is 13.9 Å². The molecule has 1 aromatic carbocycles. The van der Waals surface area contributed by atoms with Crippen LogP contribution >= 0.6 is 0 Å². The number of halogens is 1. The fraction of sp³-hybridized carbons (Fsp3) is 0.562. The lowest BCUT2D eigenvalue weighted by Crippen LogP contribution is -2.35. The van der Waals surface area contributed by atoms with Gasteiger partial charge in [-0.3, -0.25) is 10.1 Å². The van der Waals surface area contributed by atoms with Crippen molar-refractivity contribution in [3.05, 3.63) is 35.6 Å². The fourth-order valence-electron chi connectivity index (χ4n) is 2.61. The third-order valence-corrected chi connectivity index (χ3v) is 3.71. The first-order valence-electron chi connectivity index (χ1n) is 7.44. The molecule has 1 saturated heterocycles. The summed E-state index contributed by atoms with van der Waals surface area (Å²) in [6.45, 7) is 7.54. The highest BCUT2D eigenvalue weighted by Crippen LogP contribution is 2.28. The number of nitrogens with one attached hydrogen (secondary N) is 1. The lowest BCUT2D eigenvalue weighted by Gasteiger charge is -2.24. The van der Waals surface area contributed by atoms with E-state index in [0.29, 0.717) is 19.8 Å². The van der Waals surface area contributed by atoms with E-state index in [0.717, 1.165) is 5.56 Å². The van der Waals surface area contributed by atoms with Gasteiger partial charge in [0.1, 0.15) is 12.0 Å². The smallest absolute Gasteiger partial charge is 0.241 e. The topological polar surface area (TPSA) is 41.6 Å². The van der Waals surface area contributed by atoms with Crippen LogP contribution < -0.4 is 5.32 Å². The second kappa shape index (κ2) is 7.00. The maximum atomic E-state index is 13.5. The molecule has 0 spiro atoms. The lowest BCUT2D eigenvalue weighted by atomic mass is 10.1. The highest BCUT2D eigenvalue weighted by molar-refractivity contribution is 5.84. The summed E-state index contributed by atoms with van der Waals surface area (Å²) >= 11 is 0. The van der Waals surface area contributed by atoms with Crippen LogP contribution in [0, 0.1) is 11.7 Å². The summed E-state index contributed by atoms with van der Waals surface area (Å²) in [6, 6.07) is 6.15. The van der Waals surface area contributed by atoms with Crippen LogP contribution in [-0.2, 0) is 9.53 Å². The van der Waals surface area contributed by atoms with Crippen molar-refractivity contribution in [1.29, 1.82) is 0 Å². The van der Waals surface area contributed by atoms with Gasteiger partial charge in [-0.1, -0.05) is 26.0 Å². The Labute approximate surface area is 125 Å². The Kier molecular flexibility index (Phi) is 5.31. The molecule has 4 nitrogen and oxygen atoms in total. The number of carbonyl (C=O) groups excluding carboxylic acids is 1. The Bertz CT molecular complexity index is 493. The van der Waals surface area contributed by atoms with Gasteiger partial charge in [-0.15, -0.1) is 0 Å². The maximum absolute atomic E-state index is 13.5. The molecule has 1 heterocycles. The number of ether oxygens (including phenoxy) is 1. The minimum absolute atomic E-state index is 0.0546. The van der Waals surface area contributed by atoms with E-state index >= 15 is 0 Å².